The minimum Gasteiger partial charge on any atom is -0.351 e. The van der Waals surface area contributed by atoms with Crippen LogP contribution in [0.1, 0.15) is 18.2 Å². The Labute approximate surface area is 109 Å². The van der Waals surface area contributed by atoms with Crippen LogP contribution in [0.25, 0.3) is 0 Å². The number of carbonyl (C=O) groups is 1. The first-order chi connectivity index (χ1) is 7.67. The van der Waals surface area contributed by atoms with Crippen molar-refractivity contribution in [3.63, 3.8) is 0 Å². The van der Waals surface area contributed by atoms with Gasteiger partial charge in [0.2, 0.25) is 5.91 Å². The highest BCUT2D eigenvalue weighted by Crippen LogP contribution is 2.19. The summed E-state index contributed by atoms with van der Waals surface area (Å²) in [6, 6.07) is 2.03. The summed E-state index contributed by atoms with van der Waals surface area (Å²) < 4.78 is 1.07. The quantitative estimate of drug-likeness (QED) is 0.847. The maximum absolute atomic E-state index is 11.8. The molecule has 1 aromatic heterocycles. The van der Waals surface area contributed by atoms with E-state index in [9.17, 15) is 4.79 Å². The zero-order chi connectivity index (χ0) is 12.0. The van der Waals surface area contributed by atoms with E-state index in [2.05, 4.69) is 26.6 Å². The van der Waals surface area contributed by atoms with E-state index >= 15 is 0 Å². The number of nitrogens with one attached hydrogen (secondary N) is 2. The number of hydrogen-bond acceptors (Lipinski definition) is 3. The van der Waals surface area contributed by atoms with E-state index in [1.807, 2.05) is 25.4 Å². The third-order valence-corrected chi connectivity index (χ3v) is 4.07. The third kappa shape index (κ3) is 4.23. The highest BCUT2D eigenvalue weighted by Gasteiger charge is 2.14. The Hall–Kier alpha value is -0.390. The summed E-state index contributed by atoms with van der Waals surface area (Å²) in [6.07, 6.45) is 0.862. The van der Waals surface area contributed by atoms with Crippen LogP contribution in [-0.2, 0) is 11.3 Å². The first-order valence-corrected chi connectivity index (χ1v) is 6.99. The van der Waals surface area contributed by atoms with Crippen LogP contribution in [0.3, 0.4) is 0 Å². The molecule has 2 N–H and O–H groups in total. The lowest BCUT2D eigenvalue weighted by atomic mass is 10.1. The van der Waals surface area contributed by atoms with Gasteiger partial charge in [-0.05, 0) is 35.5 Å². The molecule has 3 nitrogen and oxygen atoms in total. The molecule has 1 amide bonds. The Balaban J connectivity index is 2.39. The second-order valence-corrected chi connectivity index (χ2v) is 5.52. The van der Waals surface area contributed by atoms with Gasteiger partial charge in [0.05, 0.1) is 12.5 Å². The largest absolute Gasteiger partial charge is 0.351 e. The number of hydrogen-bond donors (Lipinski definition) is 2. The Bertz CT molecular complexity index is 340. The first kappa shape index (κ1) is 13.7. The summed E-state index contributed by atoms with van der Waals surface area (Å²) in [6.45, 7) is 3.38. The molecule has 0 aliphatic carbocycles. The topological polar surface area (TPSA) is 41.1 Å². The lowest BCUT2D eigenvalue weighted by molar-refractivity contribution is -0.125. The fraction of sp³-hybridized carbons (Fsp3) is 0.545. The van der Waals surface area contributed by atoms with Crippen LogP contribution >= 0.6 is 27.3 Å². The summed E-state index contributed by atoms with van der Waals surface area (Å²) in [5.74, 6) is 0.190. The van der Waals surface area contributed by atoms with Crippen LogP contribution < -0.4 is 10.6 Å². The predicted molar refractivity (Wildman–Crippen MR) is 71.6 cm³/mol. The molecule has 0 aliphatic rings. The van der Waals surface area contributed by atoms with E-state index in [0.717, 1.165) is 17.4 Å². The van der Waals surface area contributed by atoms with Gasteiger partial charge >= 0.3 is 0 Å². The average Bonchev–Trinajstić information content (AvgIpc) is 2.68. The lowest BCUT2D eigenvalue weighted by Crippen LogP contribution is -2.35. The van der Waals surface area contributed by atoms with Gasteiger partial charge < -0.3 is 10.6 Å². The molecular formula is C11H17BrN2OS. The van der Waals surface area contributed by atoms with Crippen molar-refractivity contribution in [1.29, 1.82) is 0 Å². The number of halogens is 1. The zero-order valence-corrected chi connectivity index (χ0v) is 12.0. The molecule has 0 saturated heterocycles. The molecule has 0 fully saturated rings. The fourth-order valence-electron chi connectivity index (χ4n) is 1.43. The monoisotopic (exact) mass is 304 g/mol. The smallest absolute Gasteiger partial charge is 0.224 e. The van der Waals surface area contributed by atoms with Gasteiger partial charge in [-0.15, -0.1) is 11.3 Å². The molecule has 1 atom stereocenters. The standard InChI is InChI=1S/C11H17BrN2OS/c1-3-8(5-13-2)11(15)14-6-10-4-9(12)7-16-10/h4,7-8,13H,3,5-6H2,1-2H3,(H,14,15). The van der Waals surface area contributed by atoms with Crippen molar-refractivity contribution in [2.45, 2.75) is 19.9 Å². The number of amides is 1. The Morgan fingerprint density at radius 3 is 2.88 bits per heavy atom. The van der Waals surface area contributed by atoms with Gasteiger partial charge in [0.15, 0.2) is 0 Å². The molecule has 16 heavy (non-hydrogen) atoms. The van der Waals surface area contributed by atoms with E-state index < -0.39 is 0 Å². The second kappa shape index (κ2) is 7.04. The lowest BCUT2D eigenvalue weighted by Gasteiger charge is -2.13. The molecule has 1 rings (SSSR count). The van der Waals surface area contributed by atoms with Gasteiger partial charge in [0.1, 0.15) is 0 Å². The van der Waals surface area contributed by atoms with Crippen molar-refractivity contribution in [2.75, 3.05) is 13.6 Å². The van der Waals surface area contributed by atoms with Crippen molar-refractivity contribution in [2.24, 2.45) is 5.92 Å². The molecule has 1 aromatic rings. The normalized spacial score (nSPS) is 12.4. The van der Waals surface area contributed by atoms with Crippen LogP contribution in [0.2, 0.25) is 0 Å². The summed E-state index contributed by atoms with van der Waals surface area (Å²) >= 11 is 5.04. The minimum absolute atomic E-state index is 0.0633. The summed E-state index contributed by atoms with van der Waals surface area (Å²) in [5, 5.41) is 8.02. The van der Waals surface area contributed by atoms with Gasteiger partial charge in [-0.25, -0.2) is 0 Å². The third-order valence-electron chi connectivity index (χ3n) is 2.37. The van der Waals surface area contributed by atoms with E-state index in [-0.39, 0.29) is 11.8 Å². The first-order valence-electron chi connectivity index (χ1n) is 5.32. The maximum atomic E-state index is 11.8. The van der Waals surface area contributed by atoms with Crippen molar-refractivity contribution in [3.05, 3.63) is 20.8 Å². The van der Waals surface area contributed by atoms with Gasteiger partial charge in [0, 0.05) is 21.3 Å². The second-order valence-electron chi connectivity index (χ2n) is 3.61. The van der Waals surface area contributed by atoms with Crippen LogP contribution in [0.5, 0.6) is 0 Å². The SMILES string of the molecule is CCC(CNC)C(=O)NCc1cc(Br)cs1. The van der Waals surface area contributed by atoms with Crippen molar-refractivity contribution >= 4 is 33.2 Å². The van der Waals surface area contributed by atoms with E-state index in [0.29, 0.717) is 6.54 Å². The molecule has 1 unspecified atom stereocenters. The van der Waals surface area contributed by atoms with Crippen molar-refractivity contribution < 1.29 is 4.79 Å². The molecule has 0 bridgehead atoms. The zero-order valence-electron chi connectivity index (χ0n) is 9.55. The molecule has 1 heterocycles. The van der Waals surface area contributed by atoms with Crippen LogP contribution in [0.4, 0.5) is 0 Å². The highest BCUT2D eigenvalue weighted by molar-refractivity contribution is 9.10. The van der Waals surface area contributed by atoms with Crippen molar-refractivity contribution in [3.8, 4) is 0 Å². The number of rotatable bonds is 6. The van der Waals surface area contributed by atoms with Crippen LogP contribution in [-0.4, -0.2) is 19.5 Å². The molecule has 0 saturated carbocycles. The molecule has 0 radical (unpaired) electrons. The van der Waals surface area contributed by atoms with E-state index in [4.69, 9.17) is 0 Å². The summed E-state index contributed by atoms with van der Waals surface area (Å²) in [7, 11) is 1.87. The number of thiophene rings is 1. The minimum atomic E-state index is 0.0633. The molecule has 0 aromatic carbocycles. The summed E-state index contributed by atoms with van der Waals surface area (Å²) in [5.41, 5.74) is 0. The molecule has 0 aliphatic heterocycles. The molecule has 0 spiro atoms. The molecule has 90 valence electrons. The Morgan fingerprint density at radius 2 is 2.38 bits per heavy atom. The van der Waals surface area contributed by atoms with E-state index in [1.54, 1.807) is 11.3 Å². The highest BCUT2D eigenvalue weighted by atomic mass is 79.9. The van der Waals surface area contributed by atoms with Gasteiger partial charge in [0.25, 0.3) is 0 Å². The number of carbonyl (C=O) groups excluding carboxylic acids is 1. The van der Waals surface area contributed by atoms with Gasteiger partial charge in [-0.1, -0.05) is 6.92 Å². The fourth-order valence-corrected chi connectivity index (χ4v) is 2.82. The Kier molecular flexibility index (Phi) is 6.01. The maximum Gasteiger partial charge on any atom is 0.224 e. The molecule has 5 heteroatoms. The summed E-state index contributed by atoms with van der Waals surface area (Å²) in [4.78, 5) is 13.0. The van der Waals surface area contributed by atoms with Gasteiger partial charge in [-0.3, -0.25) is 4.79 Å². The van der Waals surface area contributed by atoms with E-state index in [1.165, 1.54) is 4.88 Å². The molecular weight excluding hydrogens is 288 g/mol. The predicted octanol–water partition coefficient (Wildman–Crippen LogP) is 2.37. The Morgan fingerprint density at radius 1 is 1.62 bits per heavy atom. The van der Waals surface area contributed by atoms with Crippen LogP contribution in [0.15, 0.2) is 15.9 Å². The van der Waals surface area contributed by atoms with Crippen LogP contribution in [0, 0.1) is 5.92 Å². The average molecular weight is 305 g/mol. The van der Waals surface area contributed by atoms with Crippen molar-refractivity contribution in [1.82, 2.24) is 10.6 Å². The van der Waals surface area contributed by atoms with Gasteiger partial charge in [-0.2, -0.15) is 0 Å².